The normalized spacial score (nSPS) is 18.0. The summed E-state index contributed by atoms with van der Waals surface area (Å²) in [5.41, 5.74) is 11.6. The Hall–Kier alpha value is -5.40. The molecule has 1 aromatic heterocycles. The second-order valence-electron chi connectivity index (χ2n) is 14.5. The van der Waals surface area contributed by atoms with E-state index in [1.165, 1.54) is 0 Å². The summed E-state index contributed by atoms with van der Waals surface area (Å²) in [6.07, 6.45) is 5.62. The van der Waals surface area contributed by atoms with Gasteiger partial charge in [-0.1, -0.05) is 30.3 Å². The van der Waals surface area contributed by atoms with Gasteiger partial charge in [0.2, 0.25) is 11.8 Å². The van der Waals surface area contributed by atoms with Gasteiger partial charge in [0.1, 0.15) is 11.9 Å². The first-order valence-corrected chi connectivity index (χ1v) is 18.9. The van der Waals surface area contributed by atoms with Gasteiger partial charge in [-0.3, -0.25) is 24.3 Å². The van der Waals surface area contributed by atoms with E-state index in [1.54, 1.807) is 24.3 Å². The summed E-state index contributed by atoms with van der Waals surface area (Å²) in [7, 11) is 0. The molecule has 4 aromatic rings. The summed E-state index contributed by atoms with van der Waals surface area (Å²) in [5.74, 6) is -0.258. The van der Waals surface area contributed by atoms with Gasteiger partial charge in [0.05, 0.1) is 6.42 Å². The molecule has 1 atom stereocenters. The van der Waals surface area contributed by atoms with Gasteiger partial charge < -0.3 is 32.1 Å². The number of carbonyl (C=O) groups is 4. The number of aromatic amines is 1. The average Bonchev–Trinajstić information content (AvgIpc) is 3.67. The van der Waals surface area contributed by atoms with E-state index in [4.69, 9.17) is 10.8 Å². The van der Waals surface area contributed by atoms with Crippen molar-refractivity contribution in [1.82, 2.24) is 31.1 Å². The first-order chi connectivity index (χ1) is 26.1. The fourth-order valence-corrected chi connectivity index (χ4v) is 7.27. The topological polar surface area (TPSA) is 204 Å². The molecule has 1 aliphatic carbocycles. The van der Waals surface area contributed by atoms with Crippen LogP contribution in [0.3, 0.4) is 0 Å². The number of nitrogens with two attached hydrogens (primary N) is 1. The molecule has 1 aliphatic heterocycles. The molecular weight excluding hydrogens is 685 g/mol. The number of nitrogens with zero attached hydrogens (tertiary/aromatic N) is 2. The highest BCUT2D eigenvalue weighted by atomic mass is 16.4. The van der Waals surface area contributed by atoms with E-state index < -0.39 is 12.0 Å². The first kappa shape index (κ1) is 38.3. The summed E-state index contributed by atoms with van der Waals surface area (Å²) < 4.78 is 0. The maximum absolute atomic E-state index is 13.8. The van der Waals surface area contributed by atoms with E-state index >= 15 is 0 Å². The van der Waals surface area contributed by atoms with Crippen molar-refractivity contribution < 1.29 is 24.3 Å². The molecule has 1 saturated carbocycles. The third kappa shape index (κ3) is 10.2. The number of carboxylic acids is 1. The van der Waals surface area contributed by atoms with Crippen LogP contribution in [-0.2, 0) is 27.2 Å². The van der Waals surface area contributed by atoms with Gasteiger partial charge in [-0.25, -0.2) is 4.98 Å². The highest BCUT2D eigenvalue weighted by Gasteiger charge is 2.29. The van der Waals surface area contributed by atoms with Crippen LogP contribution in [0.4, 0.5) is 5.69 Å². The van der Waals surface area contributed by atoms with E-state index in [0.29, 0.717) is 47.3 Å². The van der Waals surface area contributed by atoms with Crippen LogP contribution in [0, 0.1) is 18.8 Å². The van der Waals surface area contributed by atoms with Gasteiger partial charge in [-0.15, -0.1) is 0 Å². The zero-order chi connectivity index (χ0) is 38.0. The molecule has 2 fully saturated rings. The number of H-pyrrole nitrogens is 1. The number of rotatable bonds is 14. The highest BCUT2D eigenvalue weighted by molar-refractivity contribution is 5.98. The van der Waals surface area contributed by atoms with Crippen LogP contribution in [-0.4, -0.2) is 75.7 Å². The number of benzene rings is 3. The average molecular weight is 735 g/mol. The number of aryl methyl sites for hydroxylation is 2. The molecule has 1 saturated heterocycles. The van der Waals surface area contributed by atoms with Gasteiger partial charge in [-0.2, -0.15) is 5.10 Å². The molecule has 13 heteroatoms. The van der Waals surface area contributed by atoms with E-state index in [9.17, 15) is 19.2 Å². The van der Waals surface area contributed by atoms with Crippen LogP contribution < -0.4 is 27.0 Å². The molecule has 2 aliphatic rings. The van der Waals surface area contributed by atoms with Crippen LogP contribution in [0.15, 0.2) is 66.7 Å². The number of hydrogen-bond donors (Lipinski definition) is 7. The fourth-order valence-electron chi connectivity index (χ4n) is 7.27. The lowest BCUT2D eigenvalue weighted by Gasteiger charge is -2.28. The minimum Gasteiger partial charge on any atom is -0.481 e. The Morgan fingerprint density at radius 2 is 1.61 bits per heavy atom. The molecule has 54 heavy (non-hydrogen) atoms. The van der Waals surface area contributed by atoms with Gasteiger partial charge in [-0.05, 0) is 130 Å². The van der Waals surface area contributed by atoms with Crippen LogP contribution in [0.25, 0.3) is 22.5 Å². The van der Waals surface area contributed by atoms with E-state index in [1.807, 2.05) is 49.4 Å². The van der Waals surface area contributed by atoms with Crippen molar-refractivity contribution in [2.75, 3.05) is 25.0 Å². The van der Waals surface area contributed by atoms with Crippen molar-refractivity contribution in [2.24, 2.45) is 17.6 Å². The Morgan fingerprint density at radius 1 is 0.907 bits per heavy atom. The SMILES string of the molecule is Cc1cc(C(=O)NC2CCNCC2)ccc1-c1ccc(C[C@H](NC(=O)C2CCC(CN)CC2)C(=O)Nc2ccc(-c3n[nH]c(CCC(=O)O)n3)cc2)cc1. The maximum atomic E-state index is 13.8. The Kier molecular flexibility index (Phi) is 12.8. The Bertz CT molecular complexity index is 1910. The molecule has 0 spiro atoms. The molecular formula is C41H50N8O5. The predicted molar refractivity (Wildman–Crippen MR) is 207 cm³/mol. The molecule has 6 rings (SSSR count). The van der Waals surface area contributed by atoms with E-state index in [-0.39, 0.29) is 42.5 Å². The van der Waals surface area contributed by atoms with Crippen LogP contribution in [0.1, 0.15) is 72.3 Å². The van der Waals surface area contributed by atoms with E-state index in [0.717, 1.165) is 73.9 Å². The second kappa shape index (κ2) is 18.1. The lowest BCUT2D eigenvalue weighted by molar-refractivity contribution is -0.137. The number of aliphatic carboxylic acids is 1. The Balaban J connectivity index is 1.13. The molecule has 3 amide bonds. The number of carbonyl (C=O) groups excluding carboxylic acids is 3. The summed E-state index contributed by atoms with van der Waals surface area (Å²) in [6.45, 7) is 4.44. The quantitative estimate of drug-likeness (QED) is 0.0981. The summed E-state index contributed by atoms with van der Waals surface area (Å²) >= 11 is 0. The fraction of sp³-hybridized carbons (Fsp3) is 0.415. The van der Waals surface area contributed by atoms with Crippen molar-refractivity contribution >= 4 is 29.4 Å². The van der Waals surface area contributed by atoms with Crippen LogP contribution in [0.5, 0.6) is 0 Å². The van der Waals surface area contributed by atoms with E-state index in [2.05, 4.69) is 36.4 Å². The summed E-state index contributed by atoms with van der Waals surface area (Å²) in [6, 6.07) is 20.1. The molecule has 3 aromatic carbocycles. The molecule has 0 radical (unpaired) electrons. The smallest absolute Gasteiger partial charge is 0.303 e. The molecule has 284 valence electrons. The minimum atomic E-state index is -0.912. The number of nitrogens with one attached hydrogen (secondary N) is 5. The number of carboxylic acid groups (broad SMARTS) is 1. The lowest BCUT2D eigenvalue weighted by atomic mass is 9.81. The highest BCUT2D eigenvalue weighted by Crippen LogP contribution is 2.29. The summed E-state index contributed by atoms with van der Waals surface area (Å²) in [5, 5.41) is 28.4. The summed E-state index contributed by atoms with van der Waals surface area (Å²) in [4.78, 5) is 55.5. The Morgan fingerprint density at radius 3 is 2.28 bits per heavy atom. The zero-order valence-corrected chi connectivity index (χ0v) is 30.7. The number of amides is 3. The number of hydrogen-bond acceptors (Lipinski definition) is 8. The lowest BCUT2D eigenvalue weighted by Crippen LogP contribution is -2.48. The van der Waals surface area contributed by atoms with Crippen molar-refractivity contribution in [3.05, 3.63) is 89.2 Å². The van der Waals surface area contributed by atoms with Crippen molar-refractivity contribution in [1.29, 1.82) is 0 Å². The third-order valence-corrected chi connectivity index (χ3v) is 10.6. The van der Waals surface area contributed by atoms with Gasteiger partial charge in [0, 0.05) is 41.6 Å². The van der Waals surface area contributed by atoms with Gasteiger partial charge in [0.15, 0.2) is 5.82 Å². The molecule has 8 N–H and O–H groups in total. The number of anilines is 1. The minimum absolute atomic E-state index is 0.0515. The van der Waals surface area contributed by atoms with Gasteiger partial charge >= 0.3 is 5.97 Å². The molecule has 2 heterocycles. The van der Waals surface area contributed by atoms with Crippen molar-refractivity contribution in [2.45, 2.75) is 76.8 Å². The largest absolute Gasteiger partial charge is 0.481 e. The van der Waals surface area contributed by atoms with Crippen molar-refractivity contribution in [3.8, 4) is 22.5 Å². The molecule has 0 unspecified atom stereocenters. The van der Waals surface area contributed by atoms with Crippen LogP contribution in [0.2, 0.25) is 0 Å². The number of aromatic nitrogens is 3. The standard InChI is InChI=1S/C41H50N8O5/c1-25-22-31(40(53)44-33-18-20-43-21-19-33)12-15-34(25)28-6-2-26(3-7-28)23-35(46-39(52)30-8-4-27(24-42)5-9-30)41(54)45-32-13-10-29(11-14-32)38-47-36(48-49-38)16-17-37(50)51/h2-3,6-7,10-15,22,27,30,33,35,43H,4-5,8-9,16-21,23-24,42H2,1H3,(H,44,53)(H,45,54)(H,46,52)(H,50,51)(H,47,48,49)/t27?,30?,35-/m0/s1. The predicted octanol–water partition coefficient (Wildman–Crippen LogP) is 4.38. The molecule has 13 nitrogen and oxygen atoms in total. The van der Waals surface area contributed by atoms with Crippen LogP contribution >= 0.6 is 0 Å². The second-order valence-corrected chi connectivity index (χ2v) is 14.5. The Labute approximate surface area is 315 Å². The van der Waals surface area contributed by atoms with Crippen molar-refractivity contribution in [3.63, 3.8) is 0 Å². The third-order valence-electron chi connectivity index (χ3n) is 10.6. The van der Waals surface area contributed by atoms with Gasteiger partial charge in [0.25, 0.3) is 5.91 Å². The zero-order valence-electron chi connectivity index (χ0n) is 30.7. The first-order valence-electron chi connectivity index (χ1n) is 18.9. The monoisotopic (exact) mass is 734 g/mol. The number of piperidine rings is 1. The maximum Gasteiger partial charge on any atom is 0.303 e. The molecule has 0 bridgehead atoms.